The second kappa shape index (κ2) is 11.2. The Bertz CT molecular complexity index is 681. The zero-order valence-corrected chi connectivity index (χ0v) is 15.5. The van der Waals surface area contributed by atoms with Crippen molar-refractivity contribution in [2.24, 2.45) is 5.73 Å². The third kappa shape index (κ3) is 7.16. The molecule has 0 radical (unpaired) electrons. The minimum atomic E-state index is -0.0680. The molecule has 0 aliphatic rings. The number of thiocarbonyl (C=S) groups is 1. The predicted molar refractivity (Wildman–Crippen MR) is 108 cm³/mol. The summed E-state index contributed by atoms with van der Waals surface area (Å²) in [4.78, 5) is 5.58. The molecule has 0 saturated carbocycles. The summed E-state index contributed by atoms with van der Waals surface area (Å²) in [5, 5.41) is 11.3. The first-order valence-electron chi connectivity index (χ1n) is 8.57. The molecule has 2 rings (SSSR count). The molecule has 26 heavy (non-hydrogen) atoms. The van der Waals surface area contributed by atoms with E-state index in [9.17, 15) is 0 Å². The van der Waals surface area contributed by atoms with Crippen LogP contribution < -0.4 is 11.1 Å². The summed E-state index contributed by atoms with van der Waals surface area (Å²) in [6.07, 6.45) is 5.11. The average Bonchev–Trinajstić information content (AvgIpc) is 2.66. The van der Waals surface area contributed by atoms with Crippen molar-refractivity contribution in [2.75, 3.05) is 26.3 Å². The molecule has 138 valence electrons. The summed E-state index contributed by atoms with van der Waals surface area (Å²) >= 11 is 5.35. The fourth-order valence-corrected chi connectivity index (χ4v) is 2.68. The molecule has 0 fully saturated rings. The van der Waals surface area contributed by atoms with E-state index in [-0.39, 0.29) is 5.96 Å². The highest BCUT2D eigenvalue weighted by atomic mass is 32.1. The highest BCUT2D eigenvalue weighted by molar-refractivity contribution is 7.80. The molecular formula is C19H25N5OS. The molecule has 0 aliphatic carbocycles. The van der Waals surface area contributed by atoms with Crippen LogP contribution in [0.2, 0.25) is 0 Å². The standard InChI is InChI=1S/C19H25N5OS/c20-18(21)24(13-8-17-6-10-22-11-7-17)19(26)23-12-15-25-14-9-16-4-2-1-3-5-16/h1-7,10-11H,8-9,12-15H2,(H3,20,21)(H,23,26). The largest absolute Gasteiger partial charge is 0.379 e. The number of ether oxygens (including phenoxy) is 1. The lowest BCUT2D eigenvalue weighted by Gasteiger charge is -2.24. The van der Waals surface area contributed by atoms with Gasteiger partial charge >= 0.3 is 0 Å². The number of pyridine rings is 1. The molecular weight excluding hydrogens is 346 g/mol. The van der Waals surface area contributed by atoms with E-state index in [1.807, 2.05) is 30.3 Å². The summed E-state index contributed by atoms with van der Waals surface area (Å²) in [6, 6.07) is 14.1. The van der Waals surface area contributed by atoms with Gasteiger partial charge in [0, 0.05) is 25.5 Å². The van der Waals surface area contributed by atoms with Crippen LogP contribution in [0.5, 0.6) is 0 Å². The average molecular weight is 372 g/mol. The third-order valence-electron chi connectivity index (χ3n) is 3.81. The summed E-state index contributed by atoms with van der Waals surface area (Å²) in [5.41, 5.74) is 8.04. The zero-order chi connectivity index (χ0) is 18.6. The zero-order valence-electron chi connectivity index (χ0n) is 14.7. The molecule has 0 atom stereocenters. The Morgan fingerprint density at radius 2 is 1.77 bits per heavy atom. The first kappa shape index (κ1) is 19.8. The Balaban J connectivity index is 1.64. The van der Waals surface area contributed by atoms with Crippen LogP contribution in [0.3, 0.4) is 0 Å². The molecule has 2 aromatic rings. The molecule has 0 saturated heterocycles. The number of benzene rings is 1. The molecule has 0 bridgehead atoms. The second-order valence-electron chi connectivity index (χ2n) is 5.72. The summed E-state index contributed by atoms with van der Waals surface area (Å²) < 4.78 is 5.62. The predicted octanol–water partition coefficient (Wildman–Crippen LogP) is 1.95. The maximum Gasteiger partial charge on any atom is 0.194 e. The molecule has 0 amide bonds. The summed E-state index contributed by atoms with van der Waals surface area (Å²) in [5.74, 6) is -0.0680. The molecule has 1 aromatic heterocycles. The van der Waals surface area contributed by atoms with Gasteiger partial charge in [-0.25, -0.2) is 0 Å². The van der Waals surface area contributed by atoms with Crippen molar-refractivity contribution in [3.05, 3.63) is 66.0 Å². The van der Waals surface area contributed by atoms with Crippen LogP contribution in [-0.4, -0.2) is 47.3 Å². The van der Waals surface area contributed by atoms with Gasteiger partial charge in [-0.05, 0) is 48.3 Å². The van der Waals surface area contributed by atoms with Gasteiger partial charge in [0.2, 0.25) is 0 Å². The fourth-order valence-electron chi connectivity index (χ4n) is 2.38. The lowest BCUT2D eigenvalue weighted by Crippen LogP contribution is -2.48. The van der Waals surface area contributed by atoms with Crippen molar-refractivity contribution in [1.82, 2.24) is 15.2 Å². The summed E-state index contributed by atoms with van der Waals surface area (Å²) in [7, 11) is 0. The Morgan fingerprint density at radius 1 is 1.08 bits per heavy atom. The van der Waals surface area contributed by atoms with Gasteiger partial charge in [-0.15, -0.1) is 0 Å². The van der Waals surface area contributed by atoms with E-state index >= 15 is 0 Å². The van der Waals surface area contributed by atoms with Gasteiger partial charge in [0.25, 0.3) is 0 Å². The number of rotatable bonds is 9. The maximum absolute atomic E-state index is 7.72. The number of hydrogen-bond acceptors (Lipinski definition) is 4. The van der Waals surface area contributed by atoms with Crippen LogP contribution in [-0.2, 0) is 17.6 Å². The first-order chi connectivity index (χ1) is 12.7. The Morgan fingerprint density at radius 3 is 2.46 bits per heavy atom. The third-order valence-corrected chi connectivity index (χ3v) is 4.17. The fraction of sp³-hybridized carbons (Fsp3) is 0.316. The Kier molecular flexibility index (Phi) is 8.51. The van der Waals surface area contributed by atoms with Crippen LogP contribution in [0.4, 0.5) is 0 Å². The molecule has 1 heterocycles. The van der Waals surface area contributed by atoms with E-state index in [1.54, 1.807) is 17.3 Å². The lowest BCUT2D eigenvalue weighted by atomic mass is 10.2. The molecule has 4 N–H and O–H groups in total. The maximum atomic E-state index is 7.72. The highest BCUT2D eigenvalue weighted by Crippen LogP contribution is 2.01. The van der Waals surface area contributed by atoms with Gasteiger partial charge in [-0.2, -0.15) is 0 Å². The van der Waals surface area contributed by atoms with Gasteiger partial charge in [0.05, 0.1) is 13.2 Å². The van der Waals surface area contributed by atoms with E-state index in [0.29, 0.717) is 31.4 Å². The Hall–Kier alpha value is -2.51. The Labute approximate surface area is 159 Å². The first-order valence-corrected chi connectivity index (χ1v) is 8.97. The lowest BCUT2D eigenvalue weighted by molar-refractivity contribution is 0.141. The summed E-state index contributed by atoms with van der Waals surface area (Å²) in [6.45, 7) is 2.33. The number of guanidine groups is 1. The van der Waals surface area contributed by atoms with Crippen LogP contribution in [0.25, 0.3) is 0 Å². The van der Waals surface area contributed by atoms with Gasteiger partial charge in [-0.1, -0.05) is 30.3 Å². The van der Waals surface area contributed by atoms with E-state index in [1.165, 1.54) is 5.56 Å². The molecule has 7 heteroatoms. The number of aromatic nitrogens is 1. The monoisotopic (exact) mass is 371 g/mol. The van der Waals surface area contributed by atoms with Gasteiger partial charge in [0.1, 0.15) is 0 Å². The minimum absolute atomic E-state index is 0.0680. The smallest absolute Gasteiger partial charge is 0.194 e. The number of nitrogens with one attached hydrogen (secondary N) is 2. The minimum Gasteiger partial charge on any atom is -0.379 e. The number of nitrogens with zero attached hydrogens (tertiary/aromatic N) is 2. The van der Waals surface area contributed by atoms with Crippen molar-refractivity contribution in [2.45, 2.75) is 12.8 Å². The van der Waals surface area contributed by atoms with Gasteiger partial charge in [-0.3, -0.25) is 15.3 Å². The SMILES string of the molecule is N=C(N)N(CCc1ccncc1)C(=S)NCCOCCc1ccccc1. The van der Waals surface area contributed by atoms with Crippen LogP contribution >= 0.6 is 12.2 Å². The second-order valence-corrected chi connectivity index (χ2v) is 6.11. The van der Waals surface area contributed by atoms with Crippen molar-refractivity contribution < 1.29 is 4.74 Å². The van der Waals surface area contributed by atoms with Crippen LogP contribution in [0.15, 0.2) is 54.9 Å². The van der Waals surface area contributed by atoms with Crippen LogP contribution in [0.1, 0.15) is 11.1 Å². The van der Waals surface area contributed by atoms with E-state index in [4.69, 9.17) is 28.1 Å². The van der Waals surface area contributed by atoms with Crippen molar-refractivity contribution in [1.29, 1.82) is 5.41 Å². The van der Waals surface area contributed by atoms with E-state index in [2.05, 4.69) is 22.4 Å². The molecule has 6 nitrogen and oxygen atoms in total. The highest BCUT2D eigenvalue weighted by Gasteiger charge is 2.12. The van der Waals surface area contributed by atoms with Crippen molar-refractivity contribution in [3.8, 4) is 0 Å². The quantitative estimate of drug-likeness (QED) is 0.270. The molecule has 1 aromatic carbocycles. The van der Waals surface area contributed by atoms with Crippen molar-refractivity contribution in [3.63, 3.8) is 0 Å². The molecule has 0 unspecified atom stereocenters. The van der Waals surface area contributed by atoms with Gasteiger partial charge < -0.3 is 15.8 Å². The molecule has 0 aliphatic heterocycles. The number of nitrogens with two attached hydrogens (primary N) is 1. The van der Waals surface area contributed by atoms with E-state index in [0.717, 1.165) is 18.4 Å². The topological polar surface area (TPSA) is 87.3 Å². The van der Waals surface area contributed by atoms with Gasteiger partial charge in [0.15, 0.2) is 11.1 Å². The van der Waals surface area contributed by atoms with Crippen molar-refractivity contribution >= 4 is 23.3 Å². The van der Waals surface area contributed by atoms with E-state index < -0.39 is 0 Å². The molecule has 0 spiro atoms. The number of hydrogen-bond donors (Lipinski definition) is 3. The van der Waals surface area contributed by atoms with Crippen LogP contribution in [0, 0.1) is 5.41 Å². The normalized spacial score (nSPS) is 10.3.